The molecule has 0 saturated carbocycles. The van der Waals surface area contributed by atoms with Crippen molar-refractivity contribution in [2.24, 2.45) is 4.99 Å². The highest BCUT2D eigenvalue weighted by atomic mass is 127. The van der Waals surface area contributed by atoms with Gasteiger partial charge in [-0.2, -0.15) is 0 Å². The molecule has 0 unspecified atom stereocenters. The molecular weight excluding hydrogens is 548 g/mol. The highest BCUT2D eigenvalue weighted by Crippen LogP contribution is 2.20. The van der Waals surface area contributed by atoms with Gasteiger partial charge in [0.25, 0.3) is 0 Å². The molecule has 178 valence electrons. The predicted molar refractivity (Wildman–Crippen MR) is 141 cm³/mol. The molecular formula is C25H27FIN5O2. The molecule has 2 N–H and O–H groups in total. The van der Waals surface area contributed by atoms with E-state index < -0.39 is 0 Å². The number of guanidine groups is 1. The smallest absolute Gasteiger partial charge is 0.226 e. The van der Waals surface area contributed by atoms with Crippen molar-refractivity contribution in [3.63, 3.8) is 0 Å². The van der Waals surface area contributed by atoms with E-state index in [0.29, 0.717) is 37.3 Å². The van der Waals surface area contributed by atoms with Crippen molar-refractivity contribution in [3.05, 3.63) is 83.8 Å². The molecule has 9 heteroatoms. The number of aromatic nitrogens is 2. The standard InChI is InChI=1S/C25H26FN5O2.HI/c1-3-27-25(29-14-22-16-33-24(31-22)18-6-4-17(2)5-7-18)28-13-12-21-15-32-23(30-21)19-8-10-20(26)11-9-19;/h4-11,15-16H,3,12-14H2,1-2H3,(H2,27,28,29);1H. The van der Waals surface area contributed by atoms with Crippen molar-refractivity contribution >= 4 is 29.9 Å². The number of oxazole rings is 2. The Morgan fingerprint density at radius 2 is 1.47 bits per heavy atom. The van der Waals surface area contributed by atoms with E-state index in [2.05, 4.69) is 25.6 Å². The molecule has 0 atom stereocenters. The Bertz CT molecular complexity index is 1200. The Balaban J connectivity index is 0.00000324. The average molecular weight is 575 g/mol. The van der Waals surface area contributed by atoms with Crippen LogP contribution in [0.5, 0.6) is 0 Å². The van der Waals surface area contributed by atoms with E-state index in [-0.39, 0.29) is 29.8 Å². The maximum atomic E-state index is 13.1. The summed E-state index contributed by atoms with van der Waals surface area (Å²) in [5.41, 5.74) is 4.42. The van der Waals surface area contributed by atoms with Crippen LogP contribution in [0.15, 0.2) is 74.9 Å². The van der Waals surface area contributed by atoms with Crippen LogP contribution in [-0.2, 0) is 13.0 Å². The molecule has 2 heterocycles. The third-order valence-corrected chi connectivity index (χ3v) is 4.91. The fourth-order valence-corrected chi connectivity index (χ4v) is 3.17. The largest absolute Gasteiger partial charge is 0.444 e. The van der Waals surface area contributed by atoms with E-state index >= 15 is 0 Å². The van der Waals surface area contributed by atoms with Crippen molar-refractivity contribution in [2.45, 2.75) is 26.8 Å². The minimum Gasteiger partial charge on any atom is -0.444 e. The van der Waals surface area contributed by atoms with Crippen LogP contribution in [0.3, 0.4) is 0 Å². The maximum Gasteiger partial charge on any atom is 0.226 e. The van der Waals surface area contributed by atoms with Gasteiger partial charge in [0.1, 0.15) is 24.0 Å². The van der Waals surface area contributed by atoms with Gasteiger partial charge in [-0.1, -0.05) is 17.7 Å². The Morgan fingerprint density at radius 3 is 2.12 bits per heavy atom. The summed E-state index contributed by atoms with van der Waals surface area (Å²) in [4.78, 5) is 13.6. The van der Waals surface area contributed by atoms with E-state index in [0.717, 1.165) is 29.1 Å². The monoisotopic (exact) mass is 575 g/mol. The lowest BCUT2D eigenvalue weighted by Gasteiger charge is -2.10. The molecule has 0 bridgehead atoms. The molecule has 2 aromatic carbocycles. The van der Waals surface area contributed by atoms with Gasteiger partial charge in [0.15, 0.2) is 5.96 Å². The van der Waals surface area contributed by atoms with Gasteiger partial charge < -0.3 is 19.5 Å². The summed E-state index contributed by atoms with van der Waals surface area (Å²) in [6, 6.07) is 14.1. The van der Waals surface area contributed by atoms with E-state index in [1.165, 1.54) is 17.7 Å². The zero-order valence-electron chi connectivity index (χ0n) is 19.0. The van der Waals surface area contributed by atoms with Crippen LogP contribution in [0.4, 0.5) is 4.39 Å². The number of rotatable bonds is 8. The normalized spacial score (nSPS) is 11.2. The molecule has 0 aliphatic heterocycles. The van der Waals surface area contributed by atoms with Crippen molar-refractivity contribution in [1.29, 1.82) is 0 Å². The molecule has 2 aromatic heterocycles. The van der Waals surface area contributed by atoms with Crippen LogP contribution in [0.1, 0.15) is 23.9 Å². The summed E-state index contributed by atoms with van der Waals surface area (Å²) in [5, 5.41) is 6.51. The van der Waals surface area contributed by atoms with E-state index in [9.17, 15) is 4.39 Å². The van der Waals surface area contributed by atoms with E-state index in [1.807, 2.05) is 38.1 Å². The van der Waals surface area contributed by atoms with Gasteiger partial charge in [-0.25, -0.2) is 19.4 Å². The average Bonchev–Trinajstić information content (AvgIpc) is 3.49. The van der Waals surface area contributed by atoms with Crippen molar-refractivity contribution in [3.8, 4) is 22.9 Å². The number of hydrogen-bond donors (Lipinski definition) is 2. The molecule has 0 spiro atoms. The third kappa shape index (κ3) is 6.89. The summed E-state index contributed by atoms with van der Waals surface area (Å²) >= 11 is 0. The van der Waals surface area contributed by atoms with Crippen LogP contribution >= 0.6 is 24.0 Å². The van der Waals surface area contributed by atoms with E-state index in [1.54, 1.807) is 24.7 Å². The molecule has 0 aliphatic carbocycles. The zero-order valence-corrected chi connectivity index (χ0v) is 21.4. The van der Waals surface area contributed by atoms with Crippen molar-refractivity contribution in [2.75, 3.05) is 13.1 Å². The third-order valence-electron chi connectivity index (χ3n) is 4.91. The van der Waals surface area contributed by atoms with Crippen molar-refractivity contribution in [1.82, 2.24) is 20.6 Å². The molecule has 34 heavy (non-hydrogen) atoms. The number of nitrogens with zero attached hydrogens (tertiary/aromatic N) is 3. The minimum absolute atomic E-state index is 0. The number of aryl methyl sites for hydroxylation is 1. The van der Waals surface area contributed by atoms with Crippen LogP contribution in [0.25, 0.3) is 22.9 Å². The molecule has 0 amide bonds. The summed E-state index contributed by atoms with van der Waals surface area (Å²) in [6.45, 7) is 5.80. The lowest BCUT2D eigenvalue weighted by Crippen LogP contribution is -2.38. The minimum atomic E-state index is -0.290. The molecule has 0 fully saturated rings. The maximum absolute atomic E-state index is 13.1. The number of nitrogens with one attached hydrogen (secondary N) is 2. The number of aliphatic imine (C=N–C) groups is 1. The number of hydrogen-bond acceptors (Lipinski definition) is 5. The summed E-state index contributed by atoms with van der Waals surface area (Å²) < 4.78 is 24.2. The van der Waals surface area contributed by atoms with Crippen LogP contribution < -0.4 is 10.6 Å². The molecule has 0 radical (unpaired) electrons. The fourth-order valence-electron chi connectivity index (χ4n) is 3.17. The molecule has 4 aromatic rings. The summed E-state index contributed by atoms with van der Waals surface area (Å²) in [5.74, 6) is 1.45. The van der Waals surface area contributed by atoms with Crippen LogP contribution in [0.2, 0.25) is 0 Å². The first-order valence-corrected chi connectivity index (χ1v) is 10.8. The molecule has 0 saturated heterocycles. The Labute approximate surface area is 214 Å². The number of benzene rings is 2. The second kappa shape index (κ2) is 12.3. The fraction of sp³-hybridized carbons (Fsp3) is 0.240. The van der Waals surface area contributed by atoms with Gasteiger partial charge in [-0.05, 0) is 50.2 Å². The summed E-state index contributed by atoms with van der Waals surface area (Å²) in [7, 11) is 0. The Hall–Kier alpha value is -3.21. The lowest BCUT2D eigenvalue weighted by atomic mass is 10.1. The van der Waals surface area contributed by atoms with Gasteiger partial charge in [0, 0.05) is 30.6 Å². The number of halogens is 2. The highest BCUT2D eigenvalue weighted by molar-refractivity contribution is 14.0. The topological polar surface area (TPSA) is 88.5 Å². The Morgan fingerprint density at radius 1 is 0.882 bits per heavy atom. The zero-order chi connectivity index (χ0) is 23.0. The van der Waals surface area contributed by atoms with Gasteiger partial charge in [0.2, 0.25) is 11.8 Å². The quantitative estimate of drug-likeness (QED) is 0.167. The van der Waals surface area contributed by atoms with Gasteiger partial charge in [-0.15, -0.1) is 24.0 Å². The molecule has 4 rings (SSSR count). The predicted octanol–water partition coefficient (Wildman–Crippen LogP) is 5.36. The molecule has 0 aliphatic rings. The molecule has 7 nitrogen and oxygen atoms in total. The SMILES string of the molecule is CCNC(=NCc1coc(-c2ccc(C)cc2)n1)NCCc1coc(-c2ccc(F)cc2)n1.I. The second-order valence-corrected chi connectivity index (χ2v) is 7.53. The first-order chi connectivity index (χ1) is 16.1. The van der Waals surface area contributed by atoms with Crippen molar-refractivity contribution < 1.29 is 13.2 Å². The first kappa shape index (κ1) is 25.4. The summed E-state index contributed by atoms with van der Waals surface area (Å²) in [6.07, 6.45) is 3.90. The van der Waals surface area contributed by atoms with Gasteiger partial charge in [-0.3, -0.25) is 0 Å². The van der Waals surface area contributed by atoms with Gasteiger partial charge >= 0.3 is 0 Å². The highest BCUT2D eigenvalue weighted by Gasteiger charge is 2.09. The van der Waals surface area contributed by atoms with Crippen LogP contribution in [-0.4, -0.2) is 29.0 Å². The Kier molecular flexibility index (Phi) is 9.20. The first-order valence-electron chi connectivity index (χ1n) is 10.8. The van der Waals surface area contributed by atoms with Crippen LogP contribution in [0, 0.1) is 12.7 Å². The lowest BCUT2D eigenvalue weighted by molar-refractivity contribution is 0.571. The van der Waals surface area contributed by atoms with E-state index in [4.69, 9.17) is 8.83 Å². The second-order valence-electron chi connectivity index (χ2n) is 7.53. The van der Waals surface area contributed by atoms with Gasteiger partial charge in [0.05, 0.1) is 12.2 Å².